The molecule has 1 amide bonds. The summed E-state index contributed by atoms with van der Waals surface area (Å²) in [6.45, 7) is 8.63. The van der Waals surface area contributed by atoms with Gasteiger partial charge in [0.25, 0.3) is 5.91 Å². The standard InChI is InChI=1S/C14H20N4OS/c1-9(2)12-15-13(17-16-12)14(19)18(10(3)4)8-11-6-5-7-20-11/h5-7,9-10H,8H2,1-4H3,(H,15,16,17). The Bertz CT molecular complexity index is 560. The zero-order valence-corrected chi connectivity index (χ0v) is 13.1. The van der Waals surface area contributed by atoms with E-state index < -0.39 is 0 Å². The summed E-state index contributed by atoms with van der Waals surface area (Å²) in [5.74, 6) is 1.09. The number of rotatable bonds is 5. The molecule has 0 aliphatic carbocycles. The van der Waals surface area contributed by atoms with Crippen LogP contribution < -0.4 is 0 Å². The molecule has 2 heterocycles. The first-order chi connectivity index (χ1) is 9.49. The van der Waals surface area contributed by atoms with Crippen LogP contribution in [-0.4, -0.2) is 32.0 Å². The fourth-order valence-electron chi connectivity index (χ4n) is 1.82. The van der Waals surface area contributed by atoms with E-state index in [1.165, 1.54) is 0 Å². The van der Waals surface area contributed by atoms with Gasteiger partial charge in [-0.2, -0.15) is 0 Å². The van der Waals surface area contributed by atoms with Crippen LogP contribution in [-0.2, 0) is 6.54 Å². The molecule has 2 aromatic rings. The quantitative estimate of drug-likeness (QED) is 0.921. The van der Waals surface area contributed by atoms with E-state index in [-0.39, 0.29) is 23.7 Å². The van der Waals surface area contributed by atoms with Gasteiger partial charge < -0.3 is 4.90 Å². The number of aromatic amines is 1. The maximum absolute atomic E-state index is 12.5. The molecule has 0 unspecified atom stereocenters. The Morgan fingerprint density at radius 3 is 2.65 bits per heavy atom. The Labute approximate surface area is 123 Å². The number of carbonyl (C=O) groups excluding carboxylic acids is 1. The molecular formula is C14H20N4OS. The van der Waals surface area contributed by atoms with Crippen molar-refractivity contribution in [2.75, 3.05) is 0 Å². The molecule has 0 aromatic carbocycles. The fourth-order valence-corrected chi connectivity index (χ4v) is 2.52. The first-order valence-corrected chi connectivity index (χ1v) is 7.62. The largest absolute Gasteiger partial charge is 0.328 e. The third-order valence-corrected chi connectivity index (χ3v) is 3.89. The highest BCUT2D eigenvalue weighted by Crippen LogP contribution is 2.16. The van der Waals surface area contributed by atoms with Gasteiger partial charge >= 0.3 is 0 Å². The van der Waals surface area contributed by atoms with Crippen LogP contribution in [0.1, 0.15) is 54.9 Å². The highest BCUT2D eigenvalue weighted by atomic mass is 32.1. The summed E-state index contributed by atoms with van der Waals surface area (Å²) in [6, 6.07) is 4.13. The fraction of sp³-hybridized carbons (Fsp3) is 0.500. The first kappa shape index (κ1) is 14.7. The summed E-state index contributed by atoms with van der Waals surface area (Å²) in [6.07, 6.45) is 0. The number of amides is 1. The van der Waals surface area contributed by atoms with E-state index in [2.05, 4.69) is 15.2 Å². The average molecular weight is 292 g/mol. The number of nitrogens with zero attached hydrogens (tertiary/aromatic N) is 3. The topological polar surface area (TPSA) is 61.9 Å². The number of carbonyl (C=O) groups is 1. The lowest BCUT2D eigenvalue weighted by Crippen LogP contribution is -2.36. The van der Waals surface area contributed by atoms with Crippen LogP contribution in [0.4, 0.5) is 0 Å². The molecule has 0 atom stereocenters. The van der Waals surface area contributed by atoms with Crippen molar-refractivity contribution in [3.05, 3.63) is 34.0 Å². The highest BCUT2D eigenvalue weighted by Gasteiger charge is 2.23. The zero-order valence-electron chi connectivity index (χ0n) is 12.3. The predicted octanol–water partition coefficient (Wildman–Crippen LogP) is 3.04. The monoisotopic (exact) mass is 292 g/mol. The van der Waals surface area contributed by atoms with Gasteiger partial charge in [-0.15, -0.1) is 16.4 Å². The molecule has 1 N–H and O–H groups in total. The van der Waals surface area contributed by atoms with Gasteiger partial charge in [0.2, 0.25) is 5.82 Å². The summed E-state index contributed by atoms with van der Waals surface area (Å²) in [4.78, 5) is 19.8. The summed E-state index contributed by atoms with van der Waals surface area (Å²) >= 11 is 1.65. The summed E-state index contributed by atoms with van der Waals surface area (Å²) in [5.41, 5.74) is 0. The van der Waals surface area contributed by atoms with Crippen molar-refractivity contribution in [3.8, 4) is 0 Å². The molecule has 0 saturated heterocycles. The maximum Gasteiger partial charge on any atom is 0.294 e. The smallest absolute Gasteiger partial charge is 0.294 e. The van der Waals surface area contributed by atoms with Gasteiger partial charge in [0.05, 0.1) is 6.54 Å². The van der Waals surface area contributed by atoms with Gasteiger partial charge in [-0.05, 0) is 25.3 Å². The predicted molar refractivity (Wildman–Crippen MR) is 79.8 cm³/mol. The van der Waals surface area contributed by atoms with Crippen molar-refractivity contribution in [1.29, 1.82) is 0 Å². The summed E-state index contributed by atoms with van der Waals surface area (Å²) in [7, 11) is 0. The van der Waals surface area contributed by atoms with E-state index in [0.29, 0.717) is 6.54 Å². The Balaban J connectivity index is 2.17. The highest BCUT2D eigenvalue weighted by molar-refractivity contribution is 7.09. The Morgan fingerprint density at radius 1 is 1.40 bits per heavy atom. The molecule has 0 radical (unpaired) electrons. The number of hydrogen-bond acceptors (Lipinski definition) is 4. The third kappa shape index (κ3) is 3.25. The van der Waals surface area contributed by atoms with Gasteiger partial charge in [-0.25, -0.2) is 4.98 Å². The van der Waals surface area contributed by atoms with Crippen LogP contribution >= 0.6 is 11.3 Å². The lowest BCUT2D eigenvalue weighted by Gasteiger charge is -2.24. The van der Waals surface area contributed by atoms with Crippen molar-refractivity contribution in [3.63, 3.8) is 0 Å². The van der Waals surface area contributed by atoms with E-state index in [1.54, 1.807) is 16.2 Å². The van der Waals surface area contributed by atoms with Gasteiger partial charge in [-0.1, -0.05) is 19.9 Å². The molecule has 5 nitrogen and oxygen atoms in total. The molecule has 108 valence electrons. The molecule has 2 aromatic heterocycles. The normalized spacial score (nSPS) is 11.3. The molecule has 0 spiro atoms. The van der Waals surface area contributed by atoms with Crippen LogP contribution in [0, 0.1) is 0 Å². The van der Waals surface area contributed by atoms with E-state index in [1.807, 2.05) is 45.2 Å². The second-order valence-electron chi connectivity index (χ2n) is 5.31. The van der Waals surface area contributed by atoms with Gasteiger partial charge in [0, 0.05) is 16.8 Å². The molecule has 0 aliphatic heterocycles. The zero-order chi connectivity index (χ0) is 14.7. The Hall–Kier alpha value is -1.69. The van der Waals surface area contributed by atoms with Crippen molar-refractivity contribution in [2.45, 2.75) is 46.2 Å². The summed E-state index contributed by atoms with van der Waals surface area (Å²) < 4.78 is 0. The number of nitrogens with one attached hydrogen (secondary N) is 1. The van der Waals surface area contributed by atoms with Crippen LogP contribution in [0.2, 0.25) is 0 Å². The molecule has 0 fully saturated rings. The van der Waals surface area contributed by atoms with E-state index >= 15 is 0 Å². The number of H-pyrrole nitrogens is 1. The number of aromatic nitrogens is 3. The van der Waals surface area contributed by atoms with Crippen molar-refractivity contribution >= 4 is 17.2 Å². The van der Waals surface area contributed by atoms with Crippen molar-refractivity contribution in [1.82, 2.24) is 20.1 Å². The van der Waals surface area contributed by atoms with Crippen LogP contribution in [0.25, 0.3) is 0 Å². The van der Waals surface area contributed by atoms with Gasteiger partial charge in [0.1, 0.15) is 5.82 Å². The average Bonchev–Trinajstić information content (AvgIpc) is 3.06. The summed E-state index contributed by atoms with van der Waals surface area (Å²) in [5, 5.41) is 8.89. The minimum atomic E-state index is -0.128. The molecule has 0 saturated carbocycles. The molecule has 2 rings (SSSR count). The second-order valence-corrected chi connectivity index (χ2v) is 6.34. The van der Waals surface area contributed by atoms with E-state index in [9.17, 15) is 4.79 Å². The molecule has 0 bridgehead atoms. The second kappa shape index (κ2) is 6.17. The Morgan fingerprint density at radius 2 is 2.15 bits per heavy atom. The number of thiophene rings is 1. The Kier molecular flexibility index (Phi) is 4.54. The molecular weight excluding hydrogens is 272 g/mol. The molecule has 6 heteroatoms. The molecule has 0 aliphatic rings. The molecule has 20 heavy (non-hydrogen) atoms. The van der Waals surface area contributed by atoms with Gasteiger partial charge in [-0.3, -0.25) is 9.89 Å². The number of hydrogen-bond donors (Lipinski definition) is 1. The maximum atomic E-state index is 12.5. The van der Waals surface area contributed by atoms with E-state index in [4.69, 9.17) is 0 Å². The third-order valence-electron chi connectivity index (χ3n) is 3.03. The SMILES string of the molecule is CC(C)c1nc(C(=O)N(Cc2cccs2)C(C)C)n[nH]1. The first-order valence-electron chi connectivity index (χ1n) is 6.74. The van der Waals surface area contributed by atoms with Crippen molar-refractivity contribution < 1.29 is 4.79 Å². The van der Waals surface area contributed by atoms with E-state index in [0.717, 1.165) is 10.7 Å². The minimum absolute atomic E-state index is 0.102. The lowest BCUT2D eigenvalue weighted by molar-refractivity contribution is 0.0680. The lowest BCUT2D eigenvalue weighted by atomic mass is 10.2. The van der Waals surface area contributed by atoms with Crippen molar-refractivity contribution in [2.24, 2.45) is 0 Å². The minimum Gasteiger partial charge on any atom is -0.328 e. The van der Waals surface area contributed by atoms with Crippen LogP contribution in [0.5, 0.6) is 0 Å². The van der Waals surface area contributed by atoms with Gasteiger partial charge in [0.15, 0.2) is 0 Å². The van der Waals surface area contributed by atoms with Crippen LogP contribution in [0.15, 0.2) is 17.5 Å². The van der Waals surface area contributed by atoms with Crippen LogP contribution in [0.3, 0.4) is 0 Å².